The van der Waals surface area contributed by atoms with Crippen LogP contribution in [-0.2, 0) is 9.53 Å². The van der Waals surface area contributed by atoms with Gasteiger partial charge in [-0.15, -0.1) is 0 Å². The average molecular weight is 322 g/mol. The van der Waals surface area contributed by atoms with Gasteiger partial charge < -0.3 is 15.4 Å². The molecule has 23 heavy (non-hydrogen) atoms. The number of anilines is 1. The number of nitrogens with one attached hydrogen (secondary N) is 2. The SMILES string of the molecule is CC(C)CC(=O)Nc1ccc(C(=O)NC[C@@H]2CCOC2)cc1F. The standard InChI is InChI=1S/C17H23FN2O3/c1-11(2)7-16(21)20-15-4-3-13(8-14(15)18)17(22)19-9-12-5-6-23-10-12/h3-4,8,11-12H,5-7,9-10H2,1-2H3,(H,19,22)(H,20,21)/t12-/m0/s1. The Labute approximate surface area is 135 Å². The maximum Gasteiger partial charge on any atom is 0.251 e. The van der Waals surface area contributed by atoms with Gasteiger partial charge in [0.2, 0.25) is 5.91 Å². The van der Waals surface area contributed by atoms with E-state index in [-0.39, 0.29) is 29.0 Å². The molecule has 0 unspecified atom stereocenters. The zero-order valence-electron chi connectivity index (χ0n) is 13.5. The van der Waals surface area contributed by atoms with E-state index >= 15 is 0 Å². The van der Waals surface area contributed by atoms with Gasteiger partial charge >= 0.3 is 0 Å². The highest BCUT2D eigenvalue weighted by molar-refractivity contribution is 5.96. The van der Waals surface area contributed by atoms with Crippen molar-refractivity contribution in [1.82, 2.24) is 5.32 Å². The quantitative estimate of drug-likeness (QED) is 0.846. The lowest BCUT2D eigenvalue weighted by Gasteiger charge is -2.11. The van der Waals surface area contributed by atoms with Crippen LogP contribution >= 0.6 is 0 Å². The first-order valence-corrected chi connectivity index (χ1v) is 7.91. The van der Waals surface area contributed by atoms with Crippen LogP contribution < -0.4 is 10.6 Å². The van der Waals surface area contributed by atoms with E-state index in [4.69, 9.17) is 4.74 Å². The van der Waals surface area contributed by atoms with E-state index in [9.17, 15) is 14.0 Å². The number of benzene rings is 1. The van der Waals surface area contributed by atoms with Crippen molar-refractivity contribution >= 4 is 17.5 Å². The maximum absolute atomic E-state index is 14.0. The van der Waals surface area contributed by atoms with Gasteiger partial charge in [0.05, 0.1) is 12.3 Å². The fraction of sp³-hybridized carbons (Fsp3) is 0.529. The third-order valence-electron chi connectivity index (χ3n) is 3.67. The van der Waals surface area contributed by atoms with E-state index < -0.39 is 5.82 Å². The normalized spacial score (nSPS) is 17.3. The van der Waals surface area contributed by atoms with Gasteiger partial charge in [0.1, 0.15) is 5.82 Å². The highest BCUT2D eigenvalue weighted by atomic mass is 19.1. The molecule has 0 aliphatic carbocycles. The molecular formula is C17H23FN2O3. The van der Waals surface area contributed by atoms with Crippen LogP contribution in [-0.4, -0.2) is 31.6 Å². The summed E-state index contributed by atoms with van der Waals surface area (Å²) in [6.45, 7) is 5.72. The average Bonchev–Trinajstić information content (AvgIpc) is 2.99. The molecule has 1 atom stereocenters. The number of carbonyl (C=O) groups is 2. The Hall–Kier alpha value is -1.95. The van der Waals surface area contributed by atoms with E-state index in [1.165, 1.54) is 12.1 Å². The van der Waals surface area contributed by atoms with Gasteiger partial charge in [-0.1, -0.05) is 13.8 Å². The Kier molecular flexibility index (Phi) is 6.10. The second kappa shape index (κ2) is 8.06. The molecule has 1 aliphatic heterocycles. The van der Waals surface area contributed by atoms with E-state index in [0.717, 1.165) is 19.1 Å². The van der Waals surface area contributed by atoms with Crippen molar-refractivity contribution in [2.24, 2.45) is 11.8 Å². The van der Waals surface area contributed by atoms with E-state index in [1.807, 2.05) is 13.8 Å². The number of halogens is 1. The monoisotopic (exact) mass is 322 g/mol. The van der Waals surface area contributed by atoms with E-state index in [0.29, 0.717) is 25.5 Å². The molecule has 2 N–H and O–H groups in total. The second-order valence-electron chi connectivity index (χ2n) is 6.28. The highest BCUT2D eigenvalue weighted by Gasteiger charge is 2.17. The molecule has 1 aliphatic rings. The summed E-state index contributed by atoms with van der Waals surface area (Å²) in [6, 6.07) is 4.07. The van der Waals surface area contributed by atoms with Gasteiger partial charge in [-0.25, -0.2) is 4.39 Å². The Morgan fingerprint density at radius 3 is 2.78 bits per heavy atom. The topological polar surface area (TPSA) is 67.4 Å². The molecule has 1 aromatic carbocycles. The Morgan fingerprint density at radius 1 is 1.39 bits per heavy atom. The lowest BCUT2D eigenvalue weighted by Crippen LogP contribution is -2.29. The molecule has 0 aromatic heterocycles. The molecule has 1 fully saturated rings. The summed E-state index contributed by atoms with van der Waals surface area (Å²) in [5, 5.41) is 5.30. The fourth-order valence-corrected chi connectivity index (χ4v) is 2.41. The predicted octanol–water partition coefficient (Wildman–Crippen LogP) is 2.58. The third-order valence-corrected chi connectivity index (χ3v) is 3.67. The minimum atomic E-state index is -0.612. The zero-order valence-corrected chi connectivity index (χ0v) is 13.5. The molecule has 0 radical (unpaired) electrons. The van der Waals surface area contributed by atoms with Crippen LogP contribution in [0.25, 0.3) is 0 Å². The summed E-state index contributed by atoms with van der Waals surface area (Å²) in [5.41, 5.74) is 0.333. The third kappa shape index (κ3) is 5.32. The summed E-state index contributed by atoms with van der Waals surface area (Å²) in [7, 11) is 0. The summed E-state index contributed by atoms with van der Waals surface area (Å²) in [4.78, 5) is 23.7. The van der Waals surface area contributed by atoms with Crippen molar-refractivity contribution < 1.29 is 18.7 Å². The van der Waals surface area contributed by atoms with Crippen LogP contribution in [0.4, 0.5) is 10.1 Å². The molecule has 6 heteroatoms. The molecule has 5 nitrogen and oxygen atoms in total. The molecular weight excluding hydrogens is 299 g/mol. The van der Waals surface area contributed by atoms with Crippen molar-refractivity contribution in [3.05, 3.63) is 29.6 Å². The summed E-state index contributed by atoms with van der Waals surface area (Å²) in [5.74, 6) is -0.659. The Balaban J connectivity index is 1.92. The molecule has 1 saturated heterocycles. The van der Waals surface area contributed by atoms with Crippen LogP contribution in [0.2, 0.25) is 0 Å². The fourth-order valence-electron chi connectivity index (χ4n) is 2.41. The molecule has 2 amide bonds. The number of ether oxygens (including phenoxy) is 1. The van der Waals surface area contributed by atoms with Crippen molar-refractivity contribution in [2.45, 2.75) is 26.7 Å². The Morgan fingerprint density at radius 2 is 2.17 bits per heavy atom. The van der Waals surface area contributed by atoms with Gasteiger partial charge in [0.15, 0.2) is 0 Å². The Bertz CT molecular complexity index is 569. The van der Waals surface area contributed by atoms with Gasteiger partial charge in [-0.2, -0.15) is 0 Å². The molecule has 2 rings (SSSR count). The lowest BCUT2D eigenvalue weighted by atomic mass is 10.1. The molecule has 0 saturated carbocycles. The molecule has 0 spiro atoms. The van der Waals surface area contributed by atoms with Crippen LogP contribution in [0.15, 0.2) is 18.2 Å². The zero-order chi connectivity index (χ0) is 16.8. The van der Waals surface area contributed by atoms with Crippen LogP contribution in [0.5, 0.6) is 0 Å². The van der Waals surface area contributed by atoms with Crippen molar-refractivity contribution in [3.8, 4) is 0 Å². The number of carbonyl (C=O) groups excluding carboxylic acids is 2. The van der Waals surface area contributed by atoms with Crippen molar-refractivity contribution in [3.63, 3.8) is 0 Å². The van der Waals surface area contributed by atoms with Gasteiger partial charge in [-0.3, -0.25) is 9.59 Å². The number of hydrogen-bond donors (Lipinski definition) is 2. The minimum Gasteiger partial charge on any atom is -0.381 e. The first kappa shape index (κ1) is 17.4. The van der Waals surface area contributed by atoms with Gasteiger partial charge in [0, 0.05) is 31.1 Å². The first-order valence-electron chi connectivity index (χ1n) is 7.91. The highest BCUT2D eigenvalue weighted by Crippen LogP contribution is 2.17. The van der Waals surface area contributed by atoms with Gasteiger partial charge in [-0.05, 0) is 30.5 Å². The minimum absolute atomic E-state index is 0.0939. The van der Waals surface area contributed by atoms with Gasteiger partial charge in [0.25, 0.3) is 5.91 Å². The number of hydrogen-bond acceptors (Lipinski definition) is 3. The predicted molar refractivity (Wildman–Crippen MR) is 85.7 cm³/mol. The molecule has 1 heterocycles. The second-order valence-corrected chi connectivity index (χ2v) is 6.28. The molecule has 1 aromatic rings. The molecule has 126 valence electrons. The number of rotatable bonds is 6. The number of amides is 2. The van der Waals surface area contributed by atoms with Crippen LogP contribution in [0, 0.1) is 17.7 Å². The summed E-state index contributed by atoms with van der Waals surface area (Å²) < 4.78 is 19.3. The van der Waals surface area contributed by atoms with Crippen LogP contribution in [0.1, 0.15) is 37.0 Å². The molecule has 0 bridgehead atoms. The summed E-state index contributed by atoms with van der Waals surface area (Å²) >= 11 is 0. The maximum atomic E-state index is 14.0. The van der Waals surface area contributed by atoms with Crippen molar-refractivity contribution in [2.75, 3.05) is 25.1 Å². The summed E-state index contributed by atoms with van der Waals surface area (Å²) in [6.07, 6.45) is 1.25. The largest absolute Gasteiger partial charge is 0.381 e. The van der Waals surface area contributed by atoms with Crippen LogP contribution in [0.3, 0.4) is 0 Å². The smallest absolute Gasteiger partial charge is 0.251 e. The van der Waals surface area contributed by atoms with E-state index in [1.54, 1.807) is 0 Å². The van der Waals surface area contributed by atoms with Crippen molar-refractivity contribution in [1.29, 1.82) is 0 Å². The van der Waals surface area contributed by atoms with E-state index in [2.05, 4.69) is 10.6 Å². The first-order chi connectivity index (χ1) is 11.0. The lowest BCUT2D eigenvalue weighted by molar-refractivity contribution is -0.116.